The van der Waals surface area contributed by atoms with E-state index >= 15 is 0 Å². The minimum Gasteiger partial charge on any atom is -0.487 e. The van der Waals surface area contributed by atoms with Crippen LogP contribution in [0.1, 0.15) is 36.1 Å². The molecule has 1 spiro atoms. The number of aryl methyl sites for hydroxylation is 1. The van der Waals surface area contributed by atoms with Gasteiger partial charge in [-0.25, -0.2) is 15.8 Å². The van der Waals surface area contributed by atoms with Crippen molar-refractivity contribution in [2.75, 3.05) is 24.5 Å². The summed E-state index contributed by atoms with van der Waals surface area (Å²) in [6, 6.07) is 6.28. The number of nitrogens with two attached hydrogens (primary N) is 2. The number of fused-ring (bicyclic) bond motifs is 1. The van der Waals surface area contributed by atoms with Crippen LogP contribution in [0.3, 0.4) is 0 Å². The van der Waals surface area contributed by atoms with Crippen LogP contribution in [0.5, 0.6) is 5.75 Å². The summed E-state index contributed by atoms with van der Waals surface area (Å²) in [6.45, 7) is 3.48. The molecule has 164 valence electrons. The van der Waals surface area contributed by atoms with E-state index in [-0.39, 0.29) is 17.8 Å². The summed E-state index contributed by atoms with van der Waals surface area (Å²) in [5, 5.41) is 9.77. The standard InChI is InChI=1S/C22H28N6O3/c1-15-3-2-4-19-16(15)5-6-22(31-19)7-9-27(10-8-22)20-12-25-18(11-26-20)17(23)13-28(24)14-21(29)30/h2-4,11-13H,5-10,14,23-24H2,1H3,(H,29,30)/b17-13-. The summed E-state index contributed by atoms with van der Waals surface area (Å²) in [4.78, 5) is 21.8. The highest BCUT2D eigenvalue weighted by Crippen LogP contribution is 2.40. The number of hydrazine groups is 1. The van der Waals surface area contributed by atoms with Gasteiger partial charge in [0.15, 0.2) is 0 Å². The van der Waals surface area contributed by atoms with Gasteiger partial charge < -0.3 is 25.5 Å². The Morgan fingerprint density at radius 2 is 2.06 bits per heavy atom. The molecule has 3 heterocycles. The number of ether oxygens (including phenoxy) is 1. The third kappa shape index (κ3) is 4.56. The summed E-state index contributed by atoms with van der Waals surface area (Å²) >= 11 is 0. The number of nitrogens with zero attached hydrogens (tertiary/aromatic N) is 4. The van der Waals surface area contributed by atoms with Gasteiger partial charge in [-0.2, -0.15) is 0 Å². The van der Waals surface area contributed by atoms with Crippen molar-refractivity contribution >= 4 is 17.5 Å². The van der Waals surface area contributed by atoms with E-state index < -0.39 is 5.97 Å². The molecular formula is C22H28N6O3. The lowest BCUT2D eigenvalue weighted by Gasteiger charge is -2.45. The molecule has 0 atom stereocenters. The van der Waals surface area contributed by atoms with E-state index in [0.717, 1.165) is 55.3 Å². The Hall–Kier alpha value is -3.33. The zero-order valence-electron chi connectivity index (χ0n) is 17.6. The topological polar surface area (TPSA) is 131 Å². The number of hydrogen-bond donors (Lipinski definition) is 3. The zero-order chi connectivity index (χ0) is 22.0. The smallest absolute Gasteiger partial charge is 0.324 e. The number of carboxylic acids is 1. The fraction of sp³-hybridized carbons (Fsp3) is 0.409. The Balaban J connectivity index is 1.38. The van der Waals surface area contributed by atoms with E-state index in [0.29, 0.717) is 5.69 Å². The highest BCUT2D eigenvalue weighted by molar-refractivity contribution is 5.69. The number of rotatable bonds is 5. The van der Waals surface area contributed by atoms with E-state index in [2.05, 4.69) is 40.0 Å². The summed E-state index contributed by atoms with van der Waals surface area (Å²) in [7, 11) is 0. The third-order valence-corrected chi connectivity index (χ3v) is 6.08. The number of carbonyl (C=O) groups is 1. The molecule has 31 heavy (non-hydrogen) atoms. The van der Waals surface area contributed by atoms with E-state index in [1.165, 1.54) is 17.3 Å². The largest absolute Gasteiger partial charge is 0.487 e. The minimum absolute atomic E-state index is 0.105. The van der Waals surface area contributed by atoms with Crippen molar-refractivity contribution in [3.05, 3.63) is 53.6 Å². The molecule has 0 aliphatic carbocycles. The van der Waals surface area contributed by atoms with E-state index in [1.807, 2.05) is 0 Å². The number of anilines is 1. The molecule has 0 bridgehead atoms. The van der Waals surface area contributed by atoms with Crippen LogP contribution in [-0.4, -0.2) is 51.3 Å². The van der Waals surface area contributed by atoms with Gasteiger partial charge in [-0.15, -0.1) is 0 Å². The lowest BCUT2D eigenvalue weighted by atomic mass is 9.82. The second kappa shape index (κ2) is 8.43. The summed E-state index contributed by atoms with van der Waals surface area (Å²) in [6.07, 6.45) is 8.57. The maximum atomic E-state index is 10.7. The Morgan fingerprint density at radius 3 is 2.74 bits per heavy atom. The lowest BCUT2D eigenvalue weighted by molar-refractivity contribution is -0.137. The molecule has 0 radical (unpaired) electrons. The van der Waals surface area contributed by atoms with Crippen LogP contribution in [-0.2, 0) is 11.2 Å². The third-order valence-electron chi connectivity index (χ3n) is 6.08. The predicted molar refractivity (Wildman–Crippen MR) is 117 cm³/mol. The molecule has 2 aromatic rings. The Labute approximate surface area is 181 Å². The molecule has 1 saturated heterocycles. The first kappa shape index (κ1) is 20.9. The van der Waals surface area contributed by atoms with Gasteiger partial charge in [0.2, 0.25) is 0 Å². The Morgan fingerprint density at radius 1 is 1.29 bits per heavy atom. The summed E-state index contributed by atoms with van der Waals surface area (Å²) in [5.41, 5.74) is 9.19. The number of benzene rings is 1. The number of aliphatic carboxylic acids is 1. The highest BCUT2D eigenvalue weighted by Gasteiger charge is 2.40. The quantitative estimate of drug-likeness (QED) is 0.484. The second-order valence-corrected chi connectivity index (χ2v) is 8.23. The first-order valence-corrected chi connectivity index (χ1v) is 10.4. The van der Waals surface area contributed by atoms with Gasteiger partial charge in [0, 0.05) is 32.1 Å². The highest BCUT2D eigenvalue weighted by atomic mass is 16.5. The molecule has 2 aliphatic rings. The van der Waals surface area contributed by atoms with Gasteiger partial charge in [0.1, 0.15) is 29.4 Å². The fourth-order valence-electron chi connectivity index (χ4n) is 4.30. The van der Waals surface area contributed by atoms with Gasteiger partial charge in [-0.3, -0.25) is 4.79 Å². The van der Waals surface area contributed by atoms with E-state index in [1.54, 1.807) is 12.4 Å². The maximum Gasteiger partial charge on any atom is 0.324 e. The average molecular weight is 425 g/mol. The molecule has 9 heteroatoms. The molecule has 1 aromatic heterocycles. The van der Waals surface area contributed by atoms with Crippen LogP contribution in [0.25, 0.3) is 5.70 Å². The van der Waals surface area contributed by atoms with Crippen molar-refractivity contribution in [2.24, 2.45) is 11.6 Å². The van der Waals surface area contributed by atoms with Crippen LogP contribution in [0.15, 0.2) is 36.8 Å². The molecule has 0 unspecified atom stereocenters. The van der Waals surface area contributed by atoms with Crippen molar-refractivity contribution in [3.8, 4) is 5.75 Å². The van der Waals surface area contributed by atoms with Crippen LogP contribution in [0.4, 0.5) is 5.82 Å². The molecule has 1 fully saturated rings. The Bertz CT molecular complexity index is 983. The number of piperidine rings is 1. The molecule has 1 aromatic carbocycles. The molecular weight excluding hydrogens is 396 g/mol. The van der Waals surface area contributed by atoms with Crippen LogP contribution in [0.2, 0.25) is 0 Å². The monoisotopic (exact) mass is 424 g/mol. The number of carboxylic acid groups (broad SMARTS) is 1. The Kier molecular flexibility index (Phi) is 5.69. The summed E-state index contributed by atoms with van der Waals surface area (Å²) in [5.74, 6) is 6.36. The molecule has 5 N–H and O–H groups in total. The molecule has 4 rings (SSSR count). The average Bonchev–Trinajstić information content (AvgIpc) is 2.74. The predicted octanol–water partition coefficient (Wildman–Crippen LogP) is 1.67. The molecule has 2 aliphatic heterocycles. The molecule has 0 amide bonds. The van der Waals surface area contributed by atoms with Crippen molar-refractivity contribution in [1.82, 2.24) is 15.0 Å². The van der Waals surface area contributed by atoms with Gasteiger partial charge >= 0.3 is 5.97 Å². The van der Waals surface area contributed by atoms with Crippen LogP contribution < -0.4 is 21.2 Å². The minimum atomic E-state index is -1.04. The zero-order valence-corrected chi connectivity index (χ0v) is 17.6. The fourth-order valence-corrected chi connectivity index (χ4v) is 4.30. The van der Waals surface area contributed by atoms with Gasteiger partial charge in [0.05, 0.1) is 18.1 Å². The van der Waals surface area contributed by atoms with Crippen LogP contribution >= 0.6 is 0 Å². The van der Waals surface area contributed by atoms with Crippen molar-refractivity contribution < 1.29 is 14.6 Å². The normalized spacial score (nSPS) is 17.7. The molecule has 9 nitrogen and oxygen atoms in total. The SMILES string of the molecule is Cc1cccc2c1CCC1(CCN(c3cnc(/C(N)=C/N(N)CC(=O)O)cn3)CC1)O2. The lowest BCUT2D eigenvalue weighted by Crippen LogP contribution is -2.50. The van der Waals surface area contributed by atoms with E-state index in [9.17, 15) is 4.79 Å². The van der Waals surface area contributed by atoms with E-state index in [4.69, 9.17) is 21.4 Å². The first-order valence-electron chi connectivity index (χ1n) is 10.4. The van der Waals surface area contributed by atoms with Crippen molar-refractivity contribution in [2.45, 2.75) is 38.2 Å². The second-order valence-electron chi connectivity index (χ2n) is 8.23. The number of aromatic nitrogens is 2. The van der Waals surface area contributed by atoms with Crippen LogP contribution in [0, 0.1) is 6.92 Å². The maximum absolute atomic E-state index is 10.7. The number of hydrogen-bond acceptors (Lipinski definition) is 8. The van der Waals surface area contributed by atoms with Gasteiger partial charge in [-0.05, 0) is 37.0 Å². The van der Waals surface area contributed by atoms with Gasteiger partial charge in [0.25, 0.3) is 0 Å². The van der Waals surface area contributed by atoms with Crippen molar-refractivity contribution in [3.63, 3.8) is 0 Å². The summed E-state index contributed by atoms with van der Waals surface area (Å²) < 4.78 is 6.50. The van der Waals surface area contributed by atoms with Gasteiger partial charge in [-0.1, -0.05) is 12.1 Å². The van der Waals surface area contributed by atoms with Crippen molar-refractivity contribution in [1.29, 1.82) is 0 Å². The molecule has 0 saturated carbocycles. The first-order chi connectivity index (χ1) is 14.8.